The molecule has 0 bridgehead atoms. The normalized spacial score (nSPS) is 13.4. The highest BCUT2D eigenvalue weighted by molar-refractivity contribution is 6.90. The lowest BCUT2D eigenvalue weighted by atomic mass is 9.95. The zero-order valence-electron chi connectivity index (χ0n) is 21.6. The molecule has 0 unspecified atom stereocenters. The highest BCUT2D eigenvalue weighted by Gasteiger charge is 2.41. The third kappa shape index (κ3) is 6.86. The van der Waals surface area contributed by atoms with Gasteiger partial charge in [-0.2, -0.15) is 0 Å². The Kier molecular flexibility index (Phi) is 11.4. The molecule has 1 rings (SSSR count). The fourth-order valence-corrected chi connectivity index (χ4v) is 10.1. The molecule has 1 aromatic rings. The van der Waals surface area contributed by atoms with Gasteiger partial charge in [-0.15, -0.1) is 5.54 Å². The van der Waals surface area contributed by atoms with Crippen LogP contribution in [0.15, 0.2) is 41.0 Å². The van der Waals surface area contributed by atoms with Gasteiger partial charge in [0, 0.05) is 12.7 Å². The van der Waals surface area contributed by atoms with Gasteiger partial charge in [0.1, 0.15) is 13.8 Å². The fourth-order valence-electron chi connectivity index (χ4n) is 4.90. The second kappa shape index (κ2) is 12.9. The molecule has 0 fully saturated rings. The van der Waals surface area contributed by atoms with Crippen LogP contribution in [0.5, 0.6) is 5.75 Å². The maximum Gasteiger partial charge on any atom is 0.146 e. The molecule has 0 atom stereocenters. The maximum atomic E-state index is 5.59. The Morgan fingerprint density at radius 3 is 1.84 bits per heavy atom. The summed E-state index contributed by atoms with van der Waals surface area (Å²) >= 11 is 0. The van der Waals surface area contributed by atoms with E-state index >= 15 is 0 Å². The number of hydrogen-bond acceptors (Lipinski definition) is 2. The molecule has 0 aliphatic carbocycles. The first-order chi connectivity index (χ1) is 14.7. The van der Waals surface area contributed by atoms with E-state index in [1.54, 1.807) is 14.2 Å². The van der Waals surface area contributed by atoms with Gasteiger partial charge in [-0.1, -0.05) is 73.4 Å². The summed E-state index contributed by atoms with van der Waals surface area (Å²) in [5.74, 6) is 4.59. The van der Waals surface area contributed by atoms with E-state index in [1.165, 1.54) is 16.7 Å². The smallest absolute Gasteiger partial charge is 0.146 e. The Balaban J connectivity index is 3.59. The lowest BCUT2D eigenvalue weighted by molar-refractivity contribution is 0.227. The van der Waals surface area contributed by atoms with Gasteiger partial charge in [-0.25, -0.2) is 0 Å². The summed E-state index contributed by atoms with van der Waals surface area (Å²) in [6.45, 7) is 19.3. The van der Waals surface area contributed by atoms with Gasteiger partial charge >= 0.3 is 0 Å². The summed E-state index contributed by atoms with van der Waals surface area (Å²) in [6.07, 6.45) is 4.12. The van der Waals surface area contributed by atoms with E-state index < -0.39 is 8.07 Å². The van der Waals surface area contributed by atoms with Crippen molar-refractivity contribution in [2.75, 3.05) is 20.8 Å². The maximum absolute atomic E-state index is 5.59. The number of methoxy groups -OCH3 is 2. The van der Waals surface area contributed by atoms with Crippen LogP contribution in [-0.2, 0) is 4.74 Å². The molecule has 0 amide bonds. The molecule has 0 aliphatic heterocycles. The van der Waals surface area contributed by atoms with Crippen molar-refractivity contribution in [1.29, 1.82) is 0 Å². The van der Waals surface area contributed by atoms with Gasteiger partial charge in [-0.05, 0) is 64.4 Å². The predicted molar refractivity (Wildman–Crippen MR) is 139 cm³/mol. The fraction of sp³-hybridized carbons (Fsp3) is 0.571. The van der Waals surface area contributed by atoms with E-state index in [4.69, 9.17) is 9.47 Å². The van der Waals surface area contributed by atoms with Crippen molar-refractivity contribution in [3.05, 3.63) is 46.5 Å². The van der Waals surface area contributed by atoms with E-state index in [0.29, 0.717) is 23.2 Å². The van der Waals surface area contributed by atoms with E-state index in [2.05, 4.69) is 85.1 Å². The van der Waals surface area contributed by atoms with Crippen LogP contribution in [0.2, 0.25) is 16.6 Å². The molecule has 0 saturated heterocycles. The quantitative estimate of drug-likeness (QED) is 0.208. The van der Waals surface area contributed by atoms with Crippen molar-refractivity contribution in [2.45, 2.75) is 84.9 Å². The molecule has 2 nitrogen and oxygen atoms in total. The molecule has 0 spiro atoms. The average molecular weight is 441 g/mol. The zero-order valence-corrected chi connectivity index (χ0v) is 22.6. The van der Waals surface area contributed by atoms with Gasteiger partial charge in [0.05, 0.1) is 13.7 Å². The summed E-state index contributed by atoms with van der Waals surface area (Å²) in [5.41, 5.74) is 10.8. The standard InChI is InChI=1S/C28H44O2Si/c1-11-25(17-18-31(21(3)4,22(5)6)23(7)8)28(12-2)26(20-29-9)19-24-13-15-27(30-10)16-14-24/h13-16,19,21-23H,11-12,20H2,1-10H3/b26-19+,28-25-. The third-order valence-electron chi connectivity index (χ3n) is 6.51. The minimum atomic E-state index is -1.76. The van der Waals surface area contributed by atoms with Gasteiger partial charge in [0.25, 0.3) is 0 Å². The topological polar surface area (TPSA) is 18.5 Å². The van der Waals surface area contributed by atoms with Crippen molar-refractivity contribution < 1.29 is 9.47 Å². The van der Waals surface area contributed by atoms with E-state index in [0.717, 1.165) is 24.2 Å². The summed E-state index contributed by atoms with van der Waals surface area (Å²) in [4.78, 5) is 0. The molecule has 0 aliphatic rings. The van der Waals surface area contributed by atoms with Crippen LogP contribution in [0.4, 0.5) is 0 Å². The molecule has 0 saturated carbocycles. The number of ether oxygens (including phenoxy) is 2. The molecule has 0 N–H and O–H groups in total. The highest BCUT2D eigenvalue weighted by Crippen LogP contribution is 2.41. The van der Waals surface area contributed by atoms with Crippen LogP contribution in [-0.4, -0.2) is 28.9 Å². The molecule has 1 aromatic carbocycles. The lowest BCUT2D eigenvalue weighted by Gasteiger charge is -2.38. The van der Waals surface area contributed by atoms with Gasteiger partial charge in [0.2, 0.25) is 0 Å². The van der Waals surface area contributed by atoms with Crippen LogP contribution < -0.4 is 4.74 Å². The third-order valence-corrected chi connectivity index (χ3v) is 12.8. The SMILES string of the molecule is CC/C(C#C[Si](C(C)C)(C(C)C)C(C)C)=C(CC)/C(=C/c1ccc(OC)cc1)COC. The van der Waals surface area contributed by atoms with Crippen molar-refractivity contribution in [2.24, 2.45) is 0 Å². The Morgan fingerprint density at radius 1 is 0.903 bits per heavy atom. The minimum Gasteiger partial charge on any atom is -0.497 e. The molecule has 0 radical (unpaired) electrons. The largest absolute Gasteiger partial charge is 0.497 e. The Bertz CT molecular complexity index is 780. The van der Waals surface area contributed by atoms with Crippen molar-refractivity contribution in [3.8, 4) is 17.2 Å². The first kappa shape index (κ1) is 27.3. The molecule has 0 aromatic heterocycles. The number of benzene rings is 1. The van der Waals surface area contributed by atoms with Crippen LogP contribution in [0.3, 0.4) is 0 Å². The second-order valence-electron chi connectivity index (χ2n) is 9.19. The Hall–Kier alpha value is -1.76. The van der Waals surface area contributed by atoms with Gasteiger partial charge in [-0.3, -0.25) is 0 Å². The van der Waals surface area contributed by atoms with Crippen LogP contribution in [0, 0.1) is 11.5 Å². The zero-order chi connectivity index (χ0) is 23.6. The van der Waals surface area contributed by atoms with Gasteiger partial charge < -0.3 is 9.47 Å². The average Bonchev–Trinajstić information content (AvgIpc) is 2.73. The number of hydrogen-bond donors (Lipinski definition) is 0. The second-order valence-corrected chi connectivity index (χ2v) is 14.8. The summed E-state index contributed by atoms with van der Waals surface area (Å²) in [6, 6.07) is 8.18. The molecular formula is C28H44O2Si. The first-order valence-electron chi connectivity index (χ1n) is 11.8. The first-order valence-corrected chi connectivity index (χ1v) is 14.0. The molecule has 3 heteroatoms. The minimum absolute atomic E-state index is 0.585. The predicted octanol–water partition coefficient (Wildman–Crippen LogP) is 8.06. The lowest BCUT2D eigenvalue weighted by Crippen LogP contribution is -2.43. The van der Waals surface area contributed by atoms with Crippen molar-refractivity contribution in [3.63, 3.8) is 0 Å². The monoisotopic (exact) mass is 440 g/mol. The van der Waals surface area contributed by atoms with Crippen molar-refractivity contribution in [1.82, 2.24) is 0 Å². The van der Waals surface area contributed by atoms with Crippen molar-refractivity contribution >= 4 is 14.1 Å². The molecule has 172 valence electrons. The number of rotatable bonds is 10. The molecular weight excluding hydrogens is 396 g/mol. The summed E-state index contributed by atoms with van der Waals surface area (Å²) in [7, 11) is 1.70. The summed E-state index contributed by atoms with van der Waals surface area (Å²) in [5, 5.41) is 0. The summed E-state index contributed by atoms with van der Waals surface area (Å²) < 4.78 is 10.9. The van der Waals surface area contributed by atoms with Gasteiger partial charge in [0.15, 0.2) is 0 Å². The molecule has 31 heavy (non-hydrogen) atoms. The van der Waals surface area contributed by atoms with E-state index in [9.17, 15) is 0 Å². The van der Waals surface area contributed by atoms with E-state index in [-0.39, 0.29) is 0 Å². The van der Waals surface area contributed by atoms with E-state index in [1.807, 2.05) is 12.1 Å². The molecule has 0 heterocycles. The highest BCUT2D eigenvalue weighted by atomic mass is 28.3. The van der Waals surface area contributed by atoms with Crippen LogP contribution in [0.25, 0.3) is 6.08 Å². The van der Waals surface area contributed by atoms with Crippen LogP contribution >= 0.6 is 0 Å². The Morgan fingerprint density at radius 2 is 1.45 bits per heavy atom. The van der Waals surface area contributed by atoms with Crippen LogP contribution in [0.1, 0.15) is 73.8 Å². The Labute approximate surface area is 193 Å². The number of allylic oxidation sites excluding steroid dienone is 1.